The fourth-order valence-electron chi connectivity index (χ4n) is 2.55. The minimum atomic E-state index is 0.276. The third-order valence-corrected chi connectivity index (χ3v) is 4.28. The van der Waals surface area contributed by atoms with Gasteiger partial charge in [-0.25, -0.2) is 0 Å². The Morgan fingerprint density at radius 1 is 1.39 bits per heavy atom. The first-order valence-corrected chi connectivity index (χ1v) is 7.70. The molecular weight excluding hydrogens is 242 g/mol. The number of thioether (sulfide) groups is 1. The smallest absolute Gasteiger partial charge is 0.138 e. The van der Waals surface area contributed by atoms with Crippen molar-refractivity contribution < 1.29 is 4.74 Å². The predicted molar refractivity (Wildman–Crippen MR) is 75.0 cm³/mol. The Kier molecular flexibility index (Phi) is 4.54. The maximum absolute atomic E-state index is 9.27. The van der Waals surface area contributed by atoms with Gasteiger partial charge in [-0.2, -0.15) is 5.26 Å². The van der Waals surface area contributed by atoms with Gasteiger partial charge in [0.1, 0.15) is 17.4 Å². The zero-order chi connectivity index (χ0) is 13.0. The molecule has 0 aliphatic heterocycles. The topological polar surface area (TPSA) is 33.0 Å². The predicted octanol–water partition coefficient (Wildman–Crippen LogP) is 4.24. The van der Waals surface area contributed by atoms with E-state index in [0.717, 1.165) is 29.4 Å². The summed E-state index contributed by atoms with van der Waals surface area (Å²) in [5.41, 5.74) is 0.684. The summed E-state index contributed by atoms with van der Waals surface area (Å²) in [5, 5.41) is 9.27. The van der Waals surface area contributed by atoms with Crippen molar-refractivity contribution in [1.29, 1.82) is 5.26 Å². The van der Waals surface area contributed by atoms with E-state index >= 15 is 0 Å². The van der Waals surface area contributed by atoms with Crippen LogP contribution in [-0.2, 0) is 0 Å². The summed E-state index contributed by atoms with van der Waals surface area (Å²) in [5.74, 6) is 1.49. The van der Waals surface area contributed by atoms with Crippen molar-refractivity contribution >= 4 is 11.8 Å². The van der Waals surface area contributed by atoms with Crippen LogP contribution < -0.4 is 4.74 Å². The Balaban J connectivity index is 2.16. The highest BCUT2D eigenvalue weighted by Gasteiger charge is 2.21. The van der Waals surface area contributed by atoms with E-state index in [2.05, 4.69) is 13.0 Å². The first-order valence-electron chi connectivity index (χ1n) is 6.48. The minimum absolute atomic E-state index is 0.276. The number of benzene rings is 1. The van der Waals surface area contributed by atoms with E-state index in [9.17, 15) is 5.26 Å². The van der Waals surface area contributed by atoms with Crippen molar-refractivity contribution in [2.24, 2.45) is 5.92 Å². The van der Waals surface area contributed by atoms with E-state index in [-0.39, 0.29) is 6.10 Å². The standard InChI is InChI=1S/C15H19NOS/c1-11-5-3-6-12(9-11)17-14-7-4-8-15(18-2)13(14)10-16/h4,7-8,11-12H,3,5-6,9H2,1-2H3. The molecule has 3 heteroatoms. The molecule has 1 aromatic rings. The van der Waals surface area contributed by atoms with Crippen LogP contribution in [0, 0.1) is 17.2 Å². The Labute approximate surface area is 113 Å². The Hall–Kier alpha value is -1.14. The molecule has 2 nitrogen and oxygen atoms in total. The van der Waals surface area contributed by atoms with Crippen molar-refractivity contribution in [3.05, 3.63) is 23.8 Å². The second-order valence-electron chi connectivity index (χ2n) is 4.96. The van der Waals surface area contributed by atoms with Gasteiger partial charge in [0.15, 0.2) is 0 Å². The first-order chi connectivity index (χ1) is 8.74. The highest BCUT2D eigenvalue weighted by atomic mass is 32.2. The van der Waals surface area contributed by atoms with Crippen LogP contribution in [0.4, 0.5) is 0 Å². The molecule has 2 unspecified atom stereocenters. The van der Waals surface area contributed by atoms with Gasteiger partial charge < -0.3 is 4.74 Å². The van der Waals surface area contributed by atoms with Crippen LogP contribution >= 0.6 is 11.8 Å². The lowest BCUT2D eigenvalue weighted by Gasteiger charge is -2.27. The Morgan fingerprint density at radius 3 is 2.89 bits per heavy atom. The van der Waals surface area contributed by atoms with E-state index in [1.165, 1.54) is 12.8 Å². The van der Waals surface area contributed by atoms with Crippen LogP contribution in [0.25, 0.3) is 0 Å². The molecule has 0 radical (unpaired) electrons. The lowest BCUT2D eigenvalue weighted by atomic mass is 9.88. The van der Waals surface area contributed by atoms with Gasteiger partial charge in [-0.05, 0) is 43.6 Å². The first kappa shape index (κ1) is 13.3. The maximum Gasteiger partial charge on any atom is 0.138 e. The fourth-order valence-corrected chi connectivity index (χ4v) is 3.12. The third kappa shape index (κ3) is 3.00. The fraction of sp³-hybridized carbons (Fsp3) is 0.533. The van der Waals surface area contributed by atoms with Gasteiger partial charge in [-0.1, -0.05) is 19.4 Å². The molecule has 96 valence electrons. The van der Waals surface area contributed by atoms with Crippen molar-refractivity contribution in [3.8, 4) is 11.8 Å². The van der Waals surface area contributed by atoms with Crippen molar-refractivity contribution in [2.45, 2.75) is 43.6 Å². The van der Waals surface area contributed by atoms with Crippen LogP contribution in [0.15, 0.2) is 23.1 Å². The Bertz CT molecular complexity index is 452. The number of nitriles is 1. The minimum Gasteiger partial charge on any atom is -0.489 e. The molecule has 0 N–H and O–H groups in total. The molecule has 0 saturated heterocycles. The number of hydrogen-bond acceptors (Lipinski definition) is 3. The molecule has 18 heavy (non-hydrogen) atoms. The van der Waals surface area contributed by atoms with Gasteiger partial charge in [-0.3, -0.25) is 0 Å². The van der Waals surface area contributed by atoms with Crippen LogP contribution in [0.3, 0.4) is 0 Å². The number of rotatable bonds is 3. The van der Waals surface area contributed by atoms with Crippen LogP contribution in [0.2, 0.25) is 0 Å². The van der Waals surface area contributed by atoms with Crippen molar-refractivity contribution in [3.63, 3.8) is 0 Å². The second-order valence-corrected chi connectivity index (χ2v) is 5.80. The van der Waals surface area contributed by atoms with E-state index in [1.54, 1.807) is 11.8 Å². The van der Waals surface area contributed by atoms with Gasteiger partial charge >= 0.3 is 0 Å². The van der Waals surface area contributed by atoms with Gasteiger partial charge in [-0.15, -0.1) is 11.8 Å². The molecule has 1 fully saturated rings. The molecule has 2 rings (SSSR count). The lowest BCUT2D eigenvalue weighted by Crippen LogP contribution is -2.24. The maximum atomic E-state index is 9.27. The molecule has 0 bridgehead atoms. The van der Waals surface area contributed by atoms with E-state index in [1.807, 2.05) is 24.5 Å². The number of hydrogen-bond donors (Lipinski definition) is 0. The summed E-state index contributed by atoms with van der Waals surface area (Å²) in [4.78, 5) is 0.999. The van der Waals surface area contributed by atoms with Gasteiger partial charge in [0.05, 0.1) is 6.10 Å². The lowest BCUT2D eigenvalue weighted by molar-refractivity contribution is 0.128. The van der Waals surface area contributed by atoms with Crippen molar-refractivity contribution in [1.82, 2.24) is 0 Å². The number of ether oxygens (including phenoxy) is 1. The monoisotopic (exact) mass is 261 g/mol. The molecule has 1 aliphatic carbocycles. The van der Waals surface area contributed by atoms with Gasteiger partial charge in [0.25, 0.3) is 0 Å². The second kappa shape index (κ2) is 6.15. The van der Waals surface area contributed by atoms with Crippen LogP contribution in [-0.4, -0.2) is 12.4 Å². The normalized spacial score (nSPS) is 23.4. The summed E-state index contributed by atoms with van der Waals surface area (Å²) in [6.45, 7) is 2.28. The summed E-state index contributed by atoms with van der Waals surface area (Å²) in [6.07, 6.45) is 7.01. The van der Waals surface area contributed by atoms with Crippen LogP contribution in [0.1, 0.15) is 38.2 Å². The van der Waals surface area contributed by atoms with Gasteiger partial charge in [0.2, 0.25) is 0 Å². The van der Waals surface area contributed by atoms with Crippen molar-refractivity contribution in [2.75, 3.05) is 6.26 Å². The third-order valence-electron chi connectivity index (χ3n) is 3.50. The molecule has 2 atom stereocenters. The average Bonchev–Trinajstić information content (AvgIpc) is 2.38. The molecule has 1 aromatic carbocycles. The molecule has 0 spiro atoms. The number of nitrogens with zero attached hydrogens (tertiary/aromatic N) is 1. The molecule has 1 saturated carbocycles. The van der Waals surface area contributed by atoms with Gasteiger partial charge in [0, 0.05) is 4.90 Å². The average molecular weight is 261 g/mol. The summed E-state index contributed by atoms with van der Waals surface area (Å²) in [6, 6.07) is 8.12. The molecular formula is C15H19NOS. The molecule has 0 amide bonds. The van der Waals surface area contributed by atoms with E-state index < -0.39 is 0 Å². The molecule has 0 heterocycles. The summed E-state index contributed by atoms with van der Waals surface area (Å²) < 4.78 is 6.05. The largest absolute Gasteiger partial charge is 0.489 e. The quantitative estimate of drug-likeness (QED) is 0.763. The summed E-state index contributed by atoms with van der Waals surface area (Å²) >= 11 is 1.59. The summed E-state index contributed by atoms with van der Waals surface area (Å²) in [7, 11) is 0. The van der Waals surface area contributed by atoms with E-state index in [4.69, 9.17) is 4.74 Å². The molecule has 1 aliphatic rings. The van der Waals surface area contributed by atoms with E-state index in [0.29, 0.717) is 5.56 Å². The zero-order valence-corrected chi connectivity index (χ0v) is 11.8. The van der Waals surface area contributed by atoms with Crippen LogP contribution in [0.5, 0.6) is 5.75 Å². The Morgan fingerprint density at radius 2 is 2.22 bits per heavy atom. The zero-order valence-electron chi connectivity index (χ0n) is 11.0. The highest BCUT2D eigenvalue weighted by Crippen LogP contribution is 2.32. The SMILES string of the molecule is CSc1cccc(OC2CCCC(C)C2)c1C#N. The molecule has 0 aromatic heterocycles. The highest BCUT2D eigenvalue weighted by molar-refractivity contribution is 7.98.